The van der Waals surface area contributed by atoms with E-state index in [0.717, 1.165) is 11.3 Å². The predicted octanol–water partition coefficient (Wildman–Crippen LogP) is 2.86. The second-order valence-corrected chi connectivity index (χ2v) is 6.15. The number of hydrogen-bond donors (Lipinski definition) is 2. The van der Waals surface area contributed by atoms with E-state index in [2.05, 4.69) is 42.3 Å². The van der Waals surface area contributed by atoms with Crippen LogP contribution in [0.3, 0.4) is 0 Å². The first-order valence-electron chi connectivity index (χ1n) is 7.89. The van der Waals surface area contributed by atoms with Crippen molar-refractivity contribution >= 4 is 5.91 Å². The summed E-state index contributed by atoms with van der Waals surface area (Å²) in [4.78, 5) is 26.7. The Hall–Kier alpha value is -2.36. The fourth-order valence-electron chi connectivity index (χ4n) is 2.75. The molecule has 23 heavy (non-hydrogen) atoms. The molecule has 1 aromatic carbocycles. The van der Waals surface area contributed by atoms with Crippen LogP contribution in [0, 0.1) is 27.7 Å². The van der Waals surface area contributed by atoms with Crippen LogP contribution in [0.1, 0.15) is 39.9 Å². The molecule has 0 aliphatic heterocycles. The van der Waals surface area contributed by atoms with Crippen molar-refractivity contribution in [1.82, 2.24) is 10.3 Å². The maximum absolute atomic E-state index is 12.0. The fraction of sp³-hybridized carbons (Fsp3) is 0.368. The van der Waals surface area contributed by atoms with E-state index in [-0.39, 0.29) is 18.0 Å². The van der Waals surface area contributed by atoms with Crippen molar-refractivity contribution in [3.05, 3.63) is 68.1 Å². The number of carbonyl (C=O) groups excluding carboxylic acids is 1. The molecule has 2 aromatic rings. The normalized spacial score (nSPS) is 10.6. The molecule has 0 saturated carbocycles. The third-order valence-corrected chi connectivity index (χ3v) is 4.08. The maximum atomic E-state index is 12.0. The molecule has 0 unspecified atom stereocenters. The Morgan fingerprint density at radius 3 is 2.48 bits per heavy atom. The molecule has 1 amide bonds. The quantitative estimate of drug-likeness (QED) is 0.892. The monoisotopic (exact) mass is 312 g/mol. The van der Waals surface area contributed by atoms with E-state index in [9.17, 15) is 9.59 Å². The van der Waals surface area contributed by atoms with Crippen LogP contribution < -0.4 is 10.9 Å². The van der Waals surface area contributed by atoms with Gasteiger partial charge in [0.15, 0.2) is 0 Å². The average molecular weight is 312 g/mol. The molecule has 0 atom stereocenters. The highest BCUT2D eigenvalue weighted by atomic mass is 16.1. The Morgan fingerprint density at radius 1 is 1.09 bits per heavy atom. The smallest absolute Gasteiger partial charge is 0.253 e. The number of aromatic nitrogens is 1. The molecule has 2 rings (SSSR count). The summed E-state index contributed by atoms with van der Waals surface area (Å²) in [6, 6.07) is 8.18. The molecule has 4 nitrogen and oxygen atoms in total. The predicted molar refractivity (Wildman–Crippen MR) is 92.6 cm³/mol. The number of amides is 1. The zero-order valence-corrected chi connectivity index (χ0v) is 14.2. The van der Waals surface area contributed by atoms with Crippen LogP contribution in [-0.2, 0) is 17.8 Å². The van der Waals surface area contributed by atoms with Crippen molar-refractivity contribution in [2.24, 2.45) is 0 Å². The van der Waals surface area contributed by atoms with E-state index >= 15 is 0 Å². The van der Waals surface area contributed by atoms with Gasteiger partial charge in [0.25, 0.3) is 5.56 Å². The van der Waals surface area contributed by atoms with Gasteiger partial charge in [-0.2, -0.15) is 0 Å². The number of aryl methyl sites for hydroxylation is 5. The van der Waals surface area contributed by atoms with E-state index in [0.29, 0.717) is 18.4 Å². The summed E-state index contributed by atoms with van der Waals surface area (Å²) in [5, 5.41) is 2.84. The number of benzene rings is 1. The van der Waals surface area contributed by atoms with Gasteiger partial charge in [0.05, 0.1) is 0 Å². The number of pyridine rings is 1. The van der Waals surface area contributed by atoms with Crippen LogP contribution in [0.25, 0.3) is 0 Å². The number of aromatic amines is 1. The van der Waals surface area contributed by atoms with Gasteiger partial charge in [-0.1, -0.05) is 23.8 Å². The zero-order chi connectivity index (χ0) is 17.0. The van der Waals surface area contributed by atoms with E-state index in [1.54, 1.807) is 0 Å². The maximum Gasteiger partial charge on any atom is 0.253 e. The second kappa shape index (κ2) is 7.27. The minimum atomic E-state index is -0.128. The molecule has 0 aliphatic carbocycles. The summed E-state index contributed by atoms with van der Waals surface area (Å²) >= 11 is 0. The van der Waals surface area contributed by atoms with Crippen LogP contribution in [0.2, 0.25) is 0 Å². The standard InChI is InChI=1S/C19H24N2O2/c1-12-5-6-16(13(2)9-12)7-8-18(22)20-11-17-14(3)10-15(4)21-19(17)23/h5-6,9-10H,7-8,11H2,1-4H3,(H,20,22)(H,21,23). The van der Waals surface area contributed by atoms with Gasteiger partial charge in [0.1, 0.15) is 0 Å². The first-order valence-corrected chi connectivity index (χ1v) is 7.89. The van der Waals surface area contributed by atoms with Crippen molar-refractivity contribution in [2.45, 2.75) is 47.1 Å². The van der Waals surface area contributed by atoms with E-state index in [4.69, 9.17) is 0 Å². The highest BCUT2D eigenvalue weighted by Gasteiger charge is 2.08. The first-order chi connectivity index (χ1) is 10.9. The van der Waals surface area contributed by atoms with Gasteiger partial charge in [-0.05, 0) is 56.9 Å². The number of nitrogens with one attached hydrogen (secondary N) is 2. The molecule has 0 spiro atoms. The topological polar surface area (TPSA) is 62.0 Å². The Balaban J connectivity index is 1.92. The number of carbonyl (C=O) groups is 1. The van der Waals surface area contributed by atoms with Crippen molar-refractivity contribution < 1.29 is 4.79 Å². The molecule has 122 valence electrons. The molecule has 1 heterocycles. The van der Waals surface area contributed by atoms with Gasteiger partial charge in [-0.15, -0.1) is 0 Å². The number of rotatable bonds is 5. The minimum Gasteiger partial charge on any atom is -0.352 e. The highest BCUT2D eigenvalue weighted by molar-refractivity contribution is 5.76. The summed E-state index contributed by atoms with van der Waals surface area (Å²) in [6.07, 6.45) is 1.13. The Labute approximate surface area is 137 Å². The summed E-state index contributed by atoms with van der Waals surface area (Å²) in [7, 11) is 0. The van der Waals surface area contributed by atoms with Gasteiger partial charge >= 0.3 is 0 Å². The van der Waals surface area contributed by atoms with Gasteiger partial charge in [0, 0.05) is 24.2 Å². The average Bonchev–Trinajstić information content (AvgIpc) is 2.45. The van der Waals surface area contributed by atoms with Crippen molar-refractivity contribution in [3.8, 4) is 0 Å². The van der Waals surface area contributed by atoms with Crippen molar-refractivity contribution in [1.29, 1.82) is 0 Å². The van der Waals surface area contributed by atoms with Gasteiger partial charge in [0.2, 0.25) is 5.91 Å². The molecule has 0 radical (unpaired) electrons. The van der Waals surface area contributed by atoms with Crippen LogP contribution in [0.5, 0.6) is 0 Å². The third kappa shape index (κ3) is 4.55. The second-order valence-electron chi connectivity index (χ2n) is 6.15. The van der Waals surface area contributed by atoms with Gasteiger partial charge in [-0.3, -0.25) is 9.59 Å². The number of hydrogen-bond acceptors (Lipinski definition) is 2. The SMILES string of the molecule is Cc1ccc(CCC(=O)NCc2c(C)cc(C)[nH]c2=O)c(C)c1. The largest absolute Gasteiger partial charge is 0.352 e. The lowest BCUT2D eigenvalue weighted by Crippen LogP contribution is -2.28. The lowest BCUT2D eigenvalue weighted by molar-refractivity contribution is -0.121. The van der Waals surface area contributed by atoms with Crippen molar-refractivity contribution in [3.63, 3.8) is 0 Å². The molecular weight excluding hydrogens is 288 g/mol. The highest BCUT2D eigenvalue weighted by Crippen LogP contribution is 2.12. The lowest BCUT2D eigenvalue weighted by Gasteiger charge is -2.09. The lowest BCUT2D eigenvalue weighted by atomic mass is 10.0. The molecule has 1 aromatic heterocycles. The van der Waals surface area contributed by atoms with Crippen LogP contribution >= 0.6 is 0 Å². The fourth-order valence-corrected chi connectivity index (χ4v) is 2.75. The van der Waals surface area contributed by atoms with E-state index in [1.165, 1.54) is 16.7 Å². The summed E-state index contributed by atoms with van der Waals surface area (Å²) in [5.74, 6) is -0.0376. The van der Waals surface area contributed by atoms with Gasteiger partial charge < -0.3 is 10.3 Å². The first kappa shape index (κ1) is 17.0. The minimum absolute atomic E-state index is 0.0376. The molecule has 0 fully saturated rings. The molecule has 0 aliphatic rings. The van der Waals surface area contributed by atoms with Crippen LogP contribution in [-0.4, -0.2) is 10.9 Å². The van der Waals surface area contributed by atoms with Crippen LogP contribution in [0.4, 0.5) is 0 Å². The number of H-pyrrole nitrogens is 1. The molecule has 0 saturated heterocycles. The summed E-state index contributed by atoms with van der Waals surface area (Å²) in [6.45, 7) is 8.13. The Kier molecular flexibility index (Phi) is 5.37. The Bertz CT molecular complexity index is 775. The molecule has 0 bridgehead atoms. The van der Waals surface area contributed by atoms with E-state index in [1.807, 2.05) is 19.9 Å². The van der Waals surface area contributed by atoms with Gasteiger partial charge in [-0.25, -0.2) is 0 Å². The Morgan fingerprint density at radius 2 is 1.83 bits per heavy atom. The molecule has 2 N–H and O–H groups in total. The zero-order valence-electron chi connectivity index (χ0n) is 14.2. The molecular formula is C19H24N2O2. The molecule has 4 heteroatoms. The summed E-state index contributed by atoms with van der Waals surface area (Å²) in [5.41, 5.74) is 5.86. The van der Waals surface area contributed by atoms with Crippen molar-refractivity contribution in [2.75, 3.05) is 0 Å². The third-order valence-electron chi connectivity index (χ3n) is 4.08. The van der Waals surface area contributed by atoms with E-state index < -0.39 is 0 Å². The van der Waals surface area contributed by atoms with Crippen LogP contribution in [0.15, 0.2) is 29.1 Å². The summed E-state index contributed by atoms with van der Waals surface area (Å²) < 4.78 is 0.